The van der Waals surface area contributed by atoms with Crippen LogP contribution in [0.15, 0.2) is 48.2 Å². The Kier molecular flexibility index (Phi) is 4.43. The van der Waals surface area contributed by atoms with Crippen molar-refractivity contribution in [3.8, 4) is 11.3 Å². The van der Waals surface area contributed by atoms with E-state index in [1.807, 2.05) is 34.2 Å². The standard InChI is InChI=1S/C18H16N6O2S/c19-17(26)13-7-11(8-20-13)14-9-27-18(22-14)23-16(25)5-6-24-10-21-12-3-1-2-4-15(12)24/h1-4,7-10,20H,5-6H2,(H2,19,26)(H,22,23,25). The number of imidazole rings is 1. The molecule has 8 nitrogen and oxygen atoms in total. The molecule has 4 N–H and O–H groups in total. The number of thiazole rings is 1. The van der Waals surface area contributed by atoms with Crippen LogP contribution in [0.4, 0.5) is 5.13 Å². The van der Waals surface area contributed by atoms with Crippen LogP contribution in [0.5, 0.6) is 0 Å². The van der Waals surface area contributed by atoms with Gasteiger partial charge < -0.3 is 20.6 Å². The van der Waals surface area contributed by atoms with Crippen molar-refractivity contribution >= 4 is 39.3 Å². The zero-order valence-electron chi connectivity index (χ0n) is 14.2. The summed E-state index contributed by atoms with van der Waals surface area (Å²) in [5.74, 6) is -0.655. The summed E-state index contributed by atoms with van der Waals surface area (Å²) in [7, 11) is 0. The number of benzene rings is 1. The number of carbonyl (C=O) groups excluding carboxylic acids is 2. The number of aryl methyl sites for hydroxylation is 1. The topological polar surface area (TPSA) is 119 Å². The van der Waals surface area contributed by atoms with Crippen molar-refractivity contribution in [1.82, 2.24) is 19.5 Å². The minimum Gasteiger partial charge on any atom is -0.364 e. The Bertz CT molecular complexity index is 1130. The maximum atomic E-state index is 12.2. The molecule has 0 fully saturated rings. The highest BCUT2D eigenvalue weighted by Crippen LogP contribution is 2.25. The minimum atomic E-state index is -0.531. The molecule has 136 valence electrons. The fourth-order valence-electron chi connectivity index (χ4n) is 2.74. The van der Waals surface area contributed by atoms with Crippen molar-refractivity contribution in [2.75, 3.05) is 5.32 Å². The summed E-state index contributed by atoms with van der Waals surface area (Å²) in [5.41, 5.74) is 8.86. The van der Waals surface area contributed by atoms with Crippen LogP contribution in [-0.4, -0.2) is 31.3 Å². The van der Waals surface area contributed by atoms with Gasteiger partial charge in [0.15, 0.2) is 5.13 Å². The van der Waals surface area contributed by atoms with E-state index in [1.54, 1.807) is 18.6 Å². The second-order valence-corrected chi connectivity index (χ2v) is 6.79. The van der Waals surface area contributed by atoms with E-state index in [9.17, 15) is 9.59 Å². The molecule has 0 saturated carbocycles. The molecule has 0 unspecified atom stereocenters. The number of aromatic nitrogens is 4. The molecule has 3 heterocycles. The van der Waals surface area contributed by atoms with Crippen molar-refractivity contribution in [2.45, 2.75) is 13.0 Å². The fraction of sp³-hybridized carbons (Fsp3) is 0.111. The van der Waals surface area contributed by atoms with Crippen molar-refractivity contribution in [3.05, 3.63) is 53.9 Å². The molecule has 0 saturated heterocycles. The van der Waals surface area contributed by atoms with E-state index in [-0.39, 0.29) is 5.91 Å². The van der Waals surface area contributed by atoms with Gasteiger partial charge in [0.25, 0.3) is 5.91 Å². The zero-order chi connectivity index (χ0) is 18.8. The molecule has 2 amide bonds. The number of hydrogen-bond acceptors (Lipinski definition) is 5. The first-order valence-electron chi connectivity index (χ1n) is 8.24. The van der Waals surface area contributed by atoms with E-state index in [4.69, 9.17) is 5.73 Å². The number of nitrogens with zero attached hydrogens (tertiary/aromatic N) is 3. The van der Waals surface area contributed by atoms with Crippen molar-refractivity contribution in [1.29, 1.82) is 0 Å². The lowest BCUT2D eigenvalue weighted by atomic mass is 10.2. The number of rotatable bonds is 6. The van der Waals surface area contributed by atoms with Crippen molar-refractivity contribution < 1.29 is 9.59 Å². The molecule has 0 aliphatic rings. The summed E-state index contributed by atoms with van der Waals surface area (Å²) in [5, 5.41) is 5.12. The number of anilines is 1. The Balaban J connectivity index is 1.38. The number of aromatic amines is 1. The zero-order valence-corrected chi connectivity index (χ0v) is 15.0. The van der Waals surface area contributed by atoms with E-state index in [2.05, 4.69) is 20.3 Å². The third kappa shape index (κ3) is 3.58. The second kappa shape index (κ2) is 7.04. The first-order valence-corrected chi connectivity index (χ1v) is 9.12. The lowest BCUT2D eigenvalue weighted by molar-refractivity contribution is -0.116. The quantitative estimate of drug-likeness (QED) is 0.476. The van der Waals surface area contributed by atoms with Gasteiger partial charge in [0, 0.05) is 30.1 Å². The molecule has 4 aromatic rings. The Morgan fingerprint density at radius 1 is 1.30 bits per heavy atom. The molecule has 3 aromatic heterocycles. The van der Waals surface area contributed by atoms with E-state index in [0.717, 1.165) is 16.6 Å². The lowest BCUT2D eigenvalue weighted by Gasteiger charge is -2.04. The second-order valence-electron chi connectivity index (χ2n) is 5.93. The number of amides is 2. The van der Waals surface area contributed by atoms with Gasteiger partial charge in [-0.3, -0.25) is 9.59 Å². The SMILES string of the molecule is NC(=O)c1cc(-c2csc(NC(=O)CCn3cnc4ccccc43)n2)c[nH]1. The van der Waals surface area contributed by atoms with Gasteiger partial charge in [0.2, 0.25) is 5.91 Å². The number of primary amides is 1. The van der Waals surface area contributed by atoms with Crippen LogP contribution in [0.3, 0.4) is 0 Å². The summed E-state index contributed by atoms with van der Waals surface area (Å²) in [6.45, 7) is 0.532. The predicted octanol–water partition coefficient (Wildman–Crippen LogP) is 2.62. The monoisotopic (exact) mass is 380 g/mol. The Morgan fingerprint density at radius 2 is 2.15 bits per heavy atom. The smallest absolute Gasteiger partial charge is 0.265 e. The molecule has 0 bridgehead atoms. The van der Waals surface area contributed by atoms with E-state index in [1.165, 1.54) is 11.3 Å². The first-order chi connectivity index (χ1) is 13.1. The van der Waals surface area contributed by atoms with Crippen molar-refractivity contribution in [2.24, 2.45) is 5.73 Å². The van der Waals surface area contributed by atoms with Gasteiger partial charge in [0.1, 0.15) is 5.69 Å². The minimum absolute atomic E-state index is 0.124. The van der Waals surface area contributed by atoms with Crippen molar-refractivity contribution in [3.63, 3.8) is 0 Å². The predicted molar refractivity (Wildman–Crippen MR) is 103 cm³/mol. The van der Waals surface area contributed by atoms with E-state index >= 15 is 0 Å². The van der Waals surface area contributed by atoms with Gasteiger partial charge in [-0.2, -0.15) is 0 Å². The number of carbonyl (C=O) groups is 2. The van der Waals surface area contributed by atoms with Gasteiger partial charge in [-0.25, -0.2) is 9.97 Å². The van der Waals surface area contributed by atoms with E-state index < -0.39 is 5.91 Å². The third-order valence-electron chi connectivity index (χ3n) is 4.10. The highest BCUT2D eigenvalue weighted by molar-refractivity contribution is 7.14. The third-order valence-corrected chi connectivity index (χ3v) is 4.86. The molecule has 1 aromatic carbocycles. The van der Waals surface area contributed by atoms with Gasteiger partial charge >= 0.3 is 0 Å². The van der Waals surface area contributed by atoms with Crippen LogP contribution < -0.4 is 11.1 Å². The molecule has 0 aliphatic heterocycles. The molecule has 4 rings (SSSR count). The van der Waals surface area contributed by atoms with Crippen LogP contribution in [0.2, 0.25) is 0 Å². The van der Waals surface area contributed by atoms with Crippen LogP contribution in [0.25, 0.3) is 22.3 Å². The maximum Gasteiger partial charge on any atom is 0.265 e. The van der Waals surface area contributed by atoms with Crippen LogP contribution in [0, 0.1) is 0 Å². The largest absolute Gasteiger partial charge is 0.364 e. The summed E-state index contributed by atoms with van der Waals surface area (Å²) in [6, 6.07) is 9.43. The molecule has 0 spiro atoms. The Morgan fingerprint density at radius 3 is 2.96 bits per heavy atom. The average Bonchev–Trinajstić information content (AvgIpc) is 3.39. The average molecular weight is 380 g/mol. The summed E-state index contributed by atoms with van der Waals surface area (Å²) < 4.78 is 1.95. The number of para-hydroxylation sites is 2. The fourth-order valence-corrected chi connectivity index (χ4v) is 3.48. The van der Waals surface area contributed by atoms with E-state index in [0.29, 0.717) is 29.5 Å². The Labute approximate surface area is 158 Å². The number of nitrogens with one attached hydrogen (secondary N) is 2. The number of fused-ring (bicyclic) bond motifs is 1. The van der Waals surface area contributed by atoms with Gasteiger partial charge in [-0.05, 0) is 18.2 Å². The normalized spacial score (nSPS) is 11.0. The van der Waals surface area contributed by atoms with Crippen LogP contribution in [0.1, 0.15) is 16.9 Å². The van der Waals surface area contributed by atoms with Gasteiger partial charge in [-0.1, -0.05) is 12.1 Å². The van der Waals surface area contributed by atoms with Gasteiger partial charge in [-0.15, -0.1) is 11.3 Å². The molecular formula is C18H16N6O2S. The number of hydrogen-bond donors (Lipinski definition) is 3. The summed E-state index contributed by atoms with van der Waals surface area (Å²) in [6.07, 6.45) is 3.71. The molecule has 9 heteroatoms. The molecular weight excluding hydrogens is 364 g/mol. The highest BCUT2D eigenvalue weighted by Gasteiger charge is 2.11. The van der Waals surface area contributed by atoms with Gasteiger partial charge in [0.05, 0.1) is 23.1 Å². The summed E-state index contributed by atoms with van der Waals surface area (Å²) in [4.78, 5) is 34.9. The molecule has 0 radical (unpaired) electrons. The van der Waals surface area contributed by atoms with Crippen LogP contribution in [-0.2, 0) is 11.3 Å². The molecule has 27 heavy (non-hydrogen) atoms. The maximum absolute atomic E-state index is 12.2. The molecule has 0 atom stereocenters. The molecule has 0 aliphatic carbocycles. The Hall–Kier alpha value is -3.46. The lowest BCUT2D eigenvalue weighted by Crippen LogP contribution is -2.14. The highest BCUT2D eigenvalue weighted by atomic mass is 32.1. The van der Waals surface area contributed by atoms with Crippen LogP contribution >= 0.6 is 11.3 Å². The summed E-state index contributed by atoms with van der Waals surface area (Å²) >= 11 is 1.32. The first kappa shape index (κ1) is 17.0. The number of nitrogens with two attached hydrogens (primary N) is 1. The number of H-pyrrole nitrogens is 1.